The largest absolute Gasteiger partial charge is 0.468 e. The summed E-state index contributed by atoms with van der Waals surface area (Å²) in [4.78, 5) is 11.1. The van der Waals surface area contributed by atoms with E-state index in [4.69, 9.17) is 5.26 Å². The lowest BCUT2D eigenvalue weighted by molar-refractivity contribution is -0.141. The van der Waals surface area contributed by atoms with Gasteiger partial charge in [-0.15, -0.1) is 0 Å². The van der Waals surface area contributed by atoms with Crippen LogP contribution in [0.5, 0.6) is 0 Å². The summed E-state index contributed by atoms with van der Waals surface area (Å²) in [5.41, 5.74) is 2.26. The average Bonchev–Trinajstić information content (AvgIpc) is 2.86. The SMILES string of the molecule is COC(=O)Cn1cc(-c2cc(Br)cc(C#N)c2)cn1. The molecule has 5 nitrogen and oxygen atoms in total. The maximum absolute atomic E-state index is 11.1. The van der Waals surface area contributed by atoms with Crippen molar-refractivity contribution in [2.75, 3.05) is 7.11 Å². The fraction of sp³-hybridized carbons (Fsp3) is 0.154. The van der Waals surface area contributed by atoms with Gasteiger partial charge in [-0.2, -0.15) is 10.4 Å². The number of esters is 1. The first kappa shape index (κ1) is 13.3. The molecule has 0 saturated carbocycles. The van der Waals surface area contributed by atoms with E-state index in [9.17, 15) is 4.79 Å². The molecular formula is C13H10BrN3O2. The van der Waals surface area contributed by atoms with E-state index in [1.54, 1.807) is 24.5 Å². The summed E-state index contributed by atoms with van der Waals surface area (Å²) in [6.07, 6.45) is 3.38. The molecule has 96 valence electrons. The summed E-state index contributed by atoms with van der Waals surface area (Å²) in [5.74, 6) is -0.360. The number of carbonyl (C=O) groups excluding carboxylic acids is 1. The van der Waals surface area contributed by atoms with Crippen molar-refractivity contribution in [1.82, 2.24) is 9.78 Å². The van der Waals surface area contributed by atoms with E-state index in [0.29, 0.717) is 5.56 Å². The van der Waals surface area contributed by atoms with Crippen LogP contribution < -0.4 is 0 Å². The molecule has 0 saturated heterocycles. The number of hydrogen-bond acceptors (Lipinski definition) is 4. The van der Waals surface area contributed by atoms with Crippen LogP contribution in [0.2, 0.25) is 0 Å². The molecule has 1 heterocycles. The highest BCUT2D eigenvalue weighted by Gasteiger charge is 2.07. The minimum absolute atomic E-state index is 0.0651. The highest BCUT2D eigenvalue weighted by atomic mass is 79.9. The van der Waals surface area contributed by atoms with Gasteiger partial charge in [0.2, 0.25) is 0 Å². The number of methoxy groups -OCH3 is 1. The Kier molecular flexibility index (Phi) is 3.97. The second-order valence-corrected chi connectivity index (χ2v) is 4.76. The summed E-state index contributed by atoms with van der Waals surface area (Å²) < 4.78 is 6.89. The van der Waals surface area contributed by atoms with E-state index < -0.39 is 0 Å². The molecular weight excluding hydrogens is 310 g/mol. The Morgan fingerprint density at radius 3 is 2.95 bits per heavy atom. The zero-order valence-corrected chi connectivity index (χ0v) is 11.7. The number of hydrogen-bond donors (Lipinski definition) is 0. The summed E-state index contributed by atoms with van der Waals surface area (Å²) in [7, 11) is 1.33. The average molecular weight is 320 g/mol. The van der Waals surface area contributed by atoms with E-state index in [2.05, 4.69) is 31.8 Å². The summed E-state index contributed by atoms with van der Waals surface area (Å²) in [6, 6.07) is 7.49. The Balaban J connectivity index is 2.30. The molecule has 0 aliphatic rings. The van der Waals surface area contributed by atoms with Crippen molar-refractivity contribution in [3.05, 3.63) is 40.6 Å². The number of nitrogens with zero attached hydrogens (tertiary/aromatic N) is 3. The van der Waals surface area contributed by atoms with E-state index >= 15 is 0 Å². The van der Waals surface area contributed by atoms with Gasteiger partial charge >= 0.3 is 5.97 Å². The molecule has 1 aromatic heterocycles. The fourth-order valence-corrected chi connectivity index (χ4v) is 2.11. The van der Waals surface area contributed by atoms with Crippen LogP contribution in [0.1, 0.15) is 5.56 Å². The highest BCUT2D eigenvalue weighted by Crippen LogP contribution is 2.24. The fourth-order valence-electron chi connectivity index (χ4n) is 1.62. The van der Waals surface area contributed by atoms with Gasteiger partial charge in [0, 0.05) is 16.2 Å². The minimum atomic E-state index is -0.360. The van der Waals surface area contributed by atoms with Crippen LogP contribution in [-0.2, 0) is 16.1 Å². The highest BCUT2D eigenvalue weighted by molar-refractivity contribution is 9.10. The smallest absolute Gasteiger partial charge is 0.327 e. The Bertz CT molecular complexity index is 658. The molecule has 2 rings (SSSR count). The lowest BCUT2D eigenvalue weighted by Crippen LogP contribution is -2.11. The molecule has 0 aliphatic carbocycles. The third kappa shape index (κ3) is 3.20. The Morgan fingerprint density at radius 1 is 1.47 bits per heavy atom. The molecule has 6 heteroatoms. The van der Waals surface area contributed by atoms with Crippen LogP contribution in [0.15, 0.2) is 35.1 Å². The lowest BCUT2D eigenvalue weighted by atomic mass is 10.1. The minimum Gasteiger partial charge on any atom is -0.468 e. The number of halogens is 1. The predicted octanol–water partition coefficient (Wildman–Crippen LogP) is 2.36. The molecule has 0 spiro atoms. The number of rotatable bonds is 3. The molecule has 0 amide bonds. The number of carbonyl (C=O) groups is 1. The molecule has 2 aromatic rings. The van der Waals surface area contributed by atoms with Gasteiger partial charge in [0.05, 0.1) is 24.9 Å². The zero-order valence-electron chi connectivity index (χ0n) is 10.1. The van der Waals surface area contributed by atoms with Crippen LogP contribution in [0.25, 0.3) is 11.1 Å². The number of nitriles is 1. The van der Waals surface area contributed by atoms with Gasteiger partial charge in [0.25, 0.3) is 0 Å². The van der Waals surface area contributed by atoms with Crippen molar-refractivity contribution in [3.63, 3.8) is 0 Å². The molecule has 0 radical (unpaired) electrons. The molecule has 0 bridgehead atoms. The summed E-state index contributed by atoms with van der Waals surface area (Å²) in [5, 5.41) is 13.0. The van der Waals surface area contributed by atoms with Crippen LogP contribution in [0.3, 0.4) is 0 Å². The predicted molar refractivity (Wildman–Crippen MR) is 72.1 cm³/mol. The van der Waals surface area contributed by atoms with Gasteiger partial charge in [0.15, 0.2) is 0 Å². The molecule has 1 aromatic carbocycles. The van der Waals surface area contributed by atoms with Crippen LogP contribution in [0.4, 0.5) is 0 Å². The topological polar surface area (TPSA) is 67.9 Å². The van der Waals surface area contributed by atoms with Crippen molar-refractivity contribution < 1.29 is 9.53 Å². The Labute approximate surface area is 118 Å². The van der Waals surface area contributed by atoms with E-state index in [0.717, 1.165) is 15.6 Å². The first-order valence-electron chi connectivity index (χ1n) is 5.42. The van der Waals surface area contributed by atoms with Gasteiger partial charge in [-0.3, -0.25) is 9.48 Å². The third-order valence-electron chi connectivity index (χ3n) is 2.51. The number of benzene rings is 1. The summed E-state index contributed by atoms with van der Waals surface area (Å²) >= 11 is 3.36. The Morgan fingerprint density at radius 2 is 2.26 bits per heavy atom. The van der Waals surface area contributed by atoms with Crippen molar-refractivity contribution in [1.29, 1.82) is 5.26 Å². The second kappa shape index (κ2) is 5.67. The van der Waals surface area contributed by atoms with Crippen molar-refractivity contribution in [2.24, 2.45) is 0 Å². The molecule has 0 aliphatic heterocycles. The zero-order chi connectivity index (χ0) is 13.8. The van der Waals surface area contributed by atoms with E-state index in [1.165, 1.54) is 11.8 Å². The van der Waals surface area contributed by atoms with Crippen molar-refractivity contribution in [2.45, 2.75) is 6.54 Å². The molecule has 0 N–H and O–H groups in total. The van der Waals surface area contributed by atoms with Crippen molar-refractivity contribution in [3.8, 4) is 17.2 Å². The molecule has 0 unspecified atom stereocenters. The first-order chi connectivity index (χ1) is 9.12. The van der Waals surface area contributed by atoms with Crippen molar-refractivity contribution >= 4 is 21.9 Å². The number of aromatic nitrogens is 2. The third-order valence-corrected chi connectivity index (χ3v) is 2.97. The quantitative estimate of drug-likeness (QED) is 0.814. The molecule has 19 heavy (non-hydrogen) atoms. The van der Waals surface area contributed by atoms with Crippen LogP contribution in [0, 0.1) is 11.3 Å². The monoisotopic (exact) mass is 319 g/mol. The summed E-state index contributed by atoms with van der Waals surface area (Å²) in [6.45, 7) is 0.0651. The van der Waals surface area contributed by atoms with Gasteiger partial charge < -0.3 is 4.74 Å². The first-order valence-corrected chi connectivity index (χ1v) is 6.22. The maximum Gasteiger partial charge on any atom is 0.327 e. The Hall–Kier alpha value is -2.13. The van der Waals surface area contributed by atoms with Gasteiger partial charge in [-0.25, -0.2) is 0 Å². The standard InChI is InChI=1S/C13H10BrN3O2/c1-19-13(18)8-17-7-11(6-16-17)10-2-9(5-15)3-12(14)4-10/h2-4,6-7H,8H2,1H3. The molecule has 0 atom stereocenters. The second-order valence-electron chi connectivity index (χ2n) is 3.84. The van der Waals surface area contributed by atoms with Gasteiger partial charge in [-0.1, -0.05) is 15.9 Å². The van der Waals surface area contributed by atoms with Crippen LogP contribution >= 0.6 is 15.9 Å². The maximum atomic E-state index is 11.1. The normalized spacial score (nSPS) is 9.95. The molecule has 0 fully saturated rings. The van der Waals surface area contributed by atoms with Gasteiger partial charge in [0.1, 0.15) is 6.54 Å². The number of ether oxygens (including phenoxy) is 1. The van der Waals surface area contributed by atoms with E-state index in [1.807, 2.05) is 6.07 Å². The van der Waals surface area contributed by atoms with E-state index in [-0.39, 0.29) is 12.5 Å². The van der Waals surface area contributed by atoms with Gasteiger partial charge in [-0.05, 0) is 23.8 Å². The lowest BCUT2D eigenvalue weighted by Gasteiger charge is -2.00. The van der Waals surface area contributed by atoms with Crippen LogP contribution in [-0.4, -0.2) is 22.9 Å².